The van der Waals surface area contributed by atoms with Crippen molar-refractivity contribution in [2.24, 2.45) is 11.8 Å². The van der Waals surface area contributed by atoms with Crippen LogP contribution in [-0.2, 0) is 20.0 Å². The lowest BCUT2D eigenvalue weighted by atomic mass is 10.0. The van der Waals surface area contributed by atoms with Gasteiger partial charge in [-0.05, 0) is 43.2 Å². The van der Waals surface area contributed by atoms with Gasteiger partial charge in [-0.3, -0.25) is 0 Å². The molecule has 1 aliphatic rings. The van der Waals surface area contributed by atoms with E-state index in [4.69, 9.17) is 9.47 Å². The van der Waals surface area contributed by atoms with Gasteiger partial charge in [0.25, 0.3) is 0 Å². The summed E-state index contributed by atoms with van der Waals surface area (Å²) < 4.78 is 68.3. The van der Waals surface area contributed by atoms with Gasteiger partial charge in [-0.25, -0.2) is 16.8 Å². The number of nitrogens with zero attached hydrogens (tertiary/aromatic N) is 2. The molecule has 3 atom stereocenters. The average molecular weight is 579 g/mol. The van der Waals surface area contributed by atoms with E-state index in [2.05, 4.69) is 25.7 Å². The largest absolute Gasteiger partial charge is 0.495 e. The van der Waals surface area contributed by atoms with Crippen LogP contribution in [-0.4, -0.2) is 76.6 Å². The van der Waals surface area contributed by atoms with Crippen LogP contribution in [0.5, 0.6) is 11.5 Å². The molecule has 0 saturated heterocycles. The Hall–Kier alpha value is -2.62. The van der Waals surface area contributed by atoms with Crippen molar-refractivity contribution in [2.75, 3.05) is 33.9 Å². The standard InChI is InChI=1S/C28H38N2O7S2/c1-20(2)10-9-11-23-14-15-28-25(16-23)37-26(21(3)17-30(22(4)19-31)39(28,34)35)18-29(5)38(32,33)27-13-8-7-12-24(27)36-6/h7-8,12-16,20-22,26,31H,10,17-19H2,1-6H3/t21-,22-,26+/m0/s1. The van der Waals surface area contributed by atoms with Crippen LogP contribution in [0.4, 0.5) is 0 Å². The molecule has 2 aromatic carbocycles. The Bertz CT molecular complexity index is 1430. The monoisotopic (exact) mass is 578 g/mol. The maximum Gasteiger partial charge on any atom is 0.247 e. The third-order valence-electron chi connectivity index (χ3n) is 6.60. The van der Waals surface area contributed by atoms with E-state index in [1.807, 2.05) is 0 Å². The molecule has 0 unspecified atom stereocenters. The minimum Gasteiger partial charge on any atom is -0.495 e. The van der Waals surface area contributed by atoms with Gasteiger partial charge in [0.2, 0.25) is 20.0 Å². The summed E-state index contributed by atoms with van der Waals surface area (Å²) >= 11 is 0. The smallest absolute Gasteiger partial charge is 0.247 e. The molecule has 0 bridgehead atoms. The number of aliphatic hydroxyl groups excluding tert-OH is 1. The van der Waals surface area contributed by atoms with E-state index in [0.29, 0.717) is 17.9 Å². The molecule has 9 nitrogen and oxygen atoms in total. The van der Waals surface area contributed by atoms with Gasteiger partial charge in [0.05, 0.1) is 20.3 Å². The fourth-order valence-corrected chi connectivity index (χ4v) is 7.39. The maximum absolute atomic E-state index is 13.7. The second-order valence-electron chi connectivity index (χ2n) is 10.2. The number of rotatable bonds is 8. The molecule has 11 heteroatoms. The molecular formula is C28H38N2O7S2. The van der Waals surface area contributed by atoms with Crippen LogP contribution in [0.2, 0.25) is 0 Å². The highest BCUT2D eigenvalue weighted by molar-refractivity contribution is 7.89. The summed E-state index contributed by atoms with van der Waals surface area (Å²) in [5, 5.41) is 9.84. The summed E-state index contributed by atoms with van der Waals surface area (Å²) in [5.41, 5.74) is 0.591. The summed E-state index contributed by atoms with van der Waals surface area (Å²) in [6.45, 7) is 7.17. The van der Waals surface area contributed by atoms with E-state index in [9.17, 15) is 21.9 Å². The average Bonchev–Trinajstić information content (AvgIpc) is 2.89. The first-order valence-electron chi connectivity index (χ1n) is 12.8. The molecule has 0 radical (unpaired) electrons. The summed E-state index contributed by atoms with van der Waals surface area (Å²) in [5.74, 6) is 6.44. The first kappa shape index (κ1) is 30.9. The number of hydrogen-bond donors (Lipinski definition) is 1. The number of ether oxygens (including phenoxy) is 2. The molecule has 1 N–H and O–H groups in total. The van der Waals surface area contributed by atoms with Crippen LogP contribution in [0, 0.1) is 23.7 Å². The Kier molecular flexibility index (Phi) is 10.1. The minimum absolute atomic E-state index is 0.0229. The van der Waals surface area contributed by atoms with Gasteiger partial charge in [-0.15, -0.1) is 0 Å². The van der Waals surface area contributed by atoms with Gasteiger partial charge in [0.1, 0.15) is 27.4 Å². The predicted molar refractivity (Wildman–Crippen MR) is 150 cm³/mol. The molecule has 1 aliphatic heterocycles. The number of hydrogen-bond acceptors (Lipinski definition) is 7. The zero-order valence-corrected chi connectivity index (χ0v) is 24.9. The Balaban J connectivity index is 2.06. The van der Waals surface area contributed by atoms with Crippen molar-refractivity contribution in [1.29, 1.82) is 0 Å². The minimum atomic E-state index is -4.02. The summed E-state index contributed by atoms with van der Waals surface area (Å²) in [4.78, 5) is -0.0286. The number of fused-ring (bicyclic) bond motifs is 1. The van der Waals surface area contributed by atoms with Crippen molar-refractivity contribution in [1.82, 2.24) is 8.61 Å². The lowest BCUT2D eigenvalue weighted by molar-refractivity contribution is 0.0904. The fraction of sp³-hybridized carbons (Fsp3) is 0.500. The number of methoxy groups -OCH3 is 1. The molecule has 39 heavy (non-hydrogen) atoms. The van der Waals surface area contributed by atoms with Gasteiger partial charge >= 0.3 is 0 Å². The van der Waals surface area contributed by atoms with Gasteiger partial charge in [-0.1, -0.05) is 44.7 Å². The van der Waals surface area contributed by atoms with Crippen molar-refractivity contribution in [3.63, 3.8) is 0 Å². The number of benzene rings is 2. The summed E-state index contributed by atoms with van der Waals surface area (Å²) in [7, 11) is -5.11. The highest BCUT2D eigenvalue weighted by Crippen LogP contribution is 2.35. The zero-order chi connectivity index (χ0) is 29.0. The first-order chi connectivity index (χ1) is 18.3. The number of likely N-dealkylation sites (N-methyl/N-ethyl adjacent to an activating group) is 1. The lowest BCUT2D eigenvalue weighted by Gasteiger charge is -2.37. The van der Waals surface area contributed by atoms with Crippen molar-refractivity contribution in [2.45, 2.75) is 56.1 Å². The lowest BCUT2D eigenvalue weighted by Crippen LogP contribution is -2.50. The van der Waals surface area contributed by atoms with Gasteiger partial charge in [0.15, 0.2) is 0 Å². The van der Waals surface area contributed by atoms with Gasteiger partial charge in [0, 0.05) is 37.5 Å². The molecule has 0 fully saturated rings. The highest BCUT2D eigenvalue weighted by atomic mass is 32.2. The summed E-state index contributed by atoms with van der Waals surface area (Å²) in [6.07, 6.45) is -0.0236. The second kappa shape index (κ2) is 12.7. The van der Waals surface area contributed by atoms with E-state index >= 15 is 0 Å². The maximum atomic E-state index is 13.7. The zero-order valence-electron chi connectivity index (χ0n) is 23.3. The molecule has 0 spiro atoms. The van der Waals surface area contributed by atoms with Crippen molar-refractivity contribution >= 4 is 20.0 Å². The van der Waals surface area contributed by atoms with Crippen LogP contribution >= 0.6 is 0 Å². The van der Waals surface area contributed by atoms with Crippen LogP contribution in [0.25, 0.3) is 0 Å². The predicted octanol–water partition coefficient (Wildman–Crippen LogP) is 3.18. The SMILES string of the molecule is COc1ccccc1S(=O)(=O)N(C)C[C@H]1Oc2cc(C#CCC(C)C)ccc2S(=O)(=O)N([C@@H](C)CO)C[C@@H]1C. The number of aliphatic hydroxyl groups is 1. The van der Waals surface area contributed by atoms with Gasteiger partial charge in [-0.2, -0.15) is 8.61 Å². The van der Waals surface area contributed by atoms with Gasteiger partial charge < -0.3 is 14.6 Å². The fourth-order valence-electron chi connectivity index (χ4n) is 4.23. The van der Waals surface area contributed by atoms with Crippen LogP contribution in [0.3, 0.4) is 0 Å². The van der Waals surface area contributed by atoms with Crippen molar-refractivity contribution in [3.8, 4) is 23.3 Å². The molecule has 0 amide bonds. The van der Waals surface area contributed by atoms with Crippen LogP contribution in [0.15, 0.2) is 52.3 Å². The number of sulfonamides is 2. The van der Waals surface area contributed by atoms with Crippen molar-refractivity contribution in [3.05, 3.63) is 48.0 Å². The Morgan fingerprint density at radius 3 is 2.54 bits per heavy atom. The quantitative estimate of drug-likeness (QED) is 0.479. The third kappa shape index (κ3) is 6.94. The van der Waals surface area contributed by atoms with Crippen LogP contribution in [0.1, 0.15) is 39.7 Å². The molecule has 0 saturated carbocycles. The highest BCUT2D eigenvalue weighted by Gasteiger charge is 2.39. The topological polar surface area (TPSA) is 113 Å². The second-order valence-corrected chi connectivity index (χ2v) is 14.1. The molecular weight excluding hydrogens is 540 g/mol. The van der Waals surface area contributed by atoms with Crippen molar-refractivity contribution < 1.29 is 31.4 Å². The Morgan fingerprint density at radius 1 is 1.21 bits per heavy atom. The molecule has 0 aliphatic carbocycles. The molecule has 0 aromatic heterocycles. The van der Waals surface area contributed by atoms with E-state index in [1.165, 1.54) is 34.9 Å². The Labute approximate surface area is 232 Å². The molecule has 1 heterocycles. The Morgan fingerprint density at radius 2 is 1.90 bits per heavy atom. The van der Waals surface area contributed by atoms with E-state index in [-0.39, 0.29) is 41.0 Å². The number of para-hydroxylation sites is 1. The van der Waals surface area contributed by atoms with E-state index < -0.39 is 38.1 Å². The van der Waals surface area contributed by atoms with E-state index in [1.54, 1.807) is 44.2 Å². The molecule has 3 rings (SSSR count). The van der Waals surface area contributed by atoms with Crippen LogP contribution < -0.4 is 9.47 Å². The first-order valence-corrected chi connectivity index (χ1v) is 15.7. The third-order valence-corrected chi connectivity index (χ3v) is 10.5. The normalized spacial score (nSPS) is 20.2. The molecule has 2 aromatic rings. The molecule has 214 valence electrons. The van der Waals surface area contributed by atoms with E-state index in [0.717, 1.165) is 0 Å². The summed E-state index contributed by atoms with van der Waals surface area (Å²) in [6, 6.07) is 10.3.